The summed E-state index contributed by atoms with van der Waals surface area (Å²) in [6.45, 7) is -3.90. The Balaban J connectivity index is 1.77. The molecule has 0 bridgehead atoms. The lowest BCUT2D eigenvalue weighted by Crippen LogP contribution is -2.49. The van der Waals surface area contributed by atoms with Crippen molar-refractivity contribution in [2.24, 2.45) is 0 Å². The van der Waals surface area contributed by atoms with Gasteiger partial charge < -0.3 is 19.6 Å². The minimum Gasteiger partial charge on any atom is -0.435 e. The lowest BCUT2D eigenvalue weighted by atomic mass is 9.96. The molecule has 1 N–H and O–H groups in total. The van der Waals surface area contributed by atoms with Crippen molar-refractivity contribution in [1.29, 1.82) is 0 Å². The van der Waals surface area contributed by atoms with Crippen LogP contribution >= 0.6 is 0 Å². The molecule has 2 atom stereocenters. The zero-order valence-corrected chi connectivity index (χ0v) is 19.6. The highest BCUT2D eigenvalue weighted by Gasteiger charge is 2.43. The number of benzene rings is 3. The van der Waals surface area contributed by atoms with E-state index in [4.69, 9.17) is 0 Å². The molecule has 1 aliphatic heterocycles. The molecule has 1 aliphatic rings. The summed E-state index contributed by atoms with van der Waals surface area (Å²) in [5, 5.41) is 9.88. The molecule has 12 heteroatoms. The predicted molar refractivity (Wildman–Crippen MR) is 124 cm³/mol. The van der Waals surface area contributed by atoms with E-state index in [1.165, 1.54) is 41.3 Å². The molecular formula is C26H22F8N2O2. The smallest absolute Gasteiger partial charge is 0.416 e. The topological polar surface area (TPSA) is 35.9 Å². The fourth-order valence-electron chi connectivity index (χ4n) is 4.46. The number of halogens is 8. The molecule has 0 spiro atoms. The summed E-state index contributed by atoms with van der Waals surface area (Å²) in [6.07, 6.45) is -12.4. The molecule has 0 amide bonds. The van der Waals surface area contributed by atoms with Crippen molar-refractivity contribution < 1.29 is 45.0 Å². The van der Waals surface area contributed by atoms with E-state index in [1.807, 2.05) is 0 Å². The van der Waals surface area contributed by atoms with Gasteiger partial charge in [-0.3, -0.25) is 0 Å². The Morgan fingerprint density at radius 2 is 1.55 bits per heavy atom. The standard InChI is InChI=1S/C26H22F8N2O2/c27-24(28)38-19-8-3-5-16(11-19)13-35-14-22(17-6-4-7-18(12-17)25(29,30)31)36(15-23(37)26(32,33)34)21-10-2-1-9-20(21)35/h1-12,22-24,37H,13-15H2/t22-,23+/m0/s1. The second kappa shape index (κ2) is 10.7. The van der Waals surface area contributed by atoms with E-state index in [1.54, 1.807) is 29.2 Å². The van der Waals surface area contributed by atoms with Crippen molar-refractivity contribution in [2.75, 3.05) is 22.9 Å². The molecule has 1 heterocycles. The first kappa shape index (κ1) is 27.5. The van der Waals surface area contributed by atoms with Crippen molar-refractivity contribution >= 4 is 11.4 Å². The first-order chi connectivity index (χ1) is 17.8. The number of fused-ring (bicyclic) bond motifs is 1. The highest BCUT2D eigenvalue weighted by molar-refractivity contribution is 5.75. The molecule has 0 aromatic heterocycles. The van der Waals surface area contributed by atoms with Crippen molar-refractivity contribution in [3.63, 3.8) is 0 Å². The lowest BCUT2D eigenvalue weighted by molar-refractivity contribution is -0.200. The quantitative estimate of drug-likeness (QED) is 0.331. The van der Waals surface area contributed by atoms with Gasteiger partial charge in [0.05, 0.1) is 29.5 Å². The summed E-state index contributed by atoms with van der Waals surface area (Å²) in [5.74, 6) is -0.0906. The van der Waals surface area contributed by atoms with E-state index < -0.39 is 43.2 Å². The molecule has 0 saturated heterocycles. The Labute approximate surface area is 212 Å². The number of β-amino-alcohol motifs (C(OH)–C–C–N with tert-alkyl or cyclic N) is 1. The zero-order chi connectivity index (χ0) is 27.7. The monoisotopic (exact) mass is 546 g/mol. The van der Waals surface area contributed by atoms with Crippen LogP contribution in [0.1, 0.15) is 22.7 Å². The van der Waals surface area contributed by atoms with Gasteiger partial charge in [0.2, 0.25) is 0 Å². The Morgan fingerprint density at radius 1 is 0.868 bits per heavy atom. The minimum atomic E-state index is -4.95. The van der Waals surface area contributed by atoms with Gasteiger partial charge in [-0.1, -0.05) is 36.4 Å². The second-order valence-electron chi connectivity index (χ2n) is 8.74. The average Bonchev–Trinajstić information content (AvgIpc) is 2.84. The number of anilines is 2. The number of nitrogens with zero attached hydrogens (tertiary/aromatic N) is 2. The van der Waals surface area contributed by atoms with Gasteiger partial charge in [0.25, 0.3) is 0 Å². The molecule has 38 heavy (non-hydrogen) atoms. The average molecular weight is 546 g/mol. The fourth-order valence-corrected chi connectivity index (χ4v) is 4.46. The van der Waals surface area contributed by atoms with Gasteiger partial charge in [0.15, 0.2) is 6.10 Å². The van der Waals surface area contributed by atoms with Gasteiger partial charge in [-0.2, -0.15) is 35.1 Å². The SMILES string of the molecule is O[C@H](CN1c2ccccc2N(Cc2cccc(OC(F)F)c2)C[C@H]1c1cccc(C(F)(F)F)c1)C(F)(F)F. The van der Waals surface area contributed by atoms with Gasteiger partial charge in [0, 0.05) is 13.1 Å². The third-order valence-electron chi connectivity index (χ3n) is 6.14. The van der Waals surface area contributed by atoms with Crippen molar-refractivity contribution in [1.82, 2.24) is 0 Å². The van der Waals surface area contributed by atoms with Crippen LogP contribution in [0.2, 0.25) is 0 Å². The maximum atomic E-state index is 13.5. The number of rotatable bonds is 7. The molecule has 3 aromatic rings. The third-order valence-corrected chi connectivity index (χ3v) is 6.14. The molecule has 0 radical (unpaired) electrons. The van der Waals surface area contributed by atoms with Crippen LogP contribution in [-0.2, 0) is 12.7 Å². The van der Waals surface area contributed by atoms with Crippen molar-refractivity contribution in [3.05, 3.63) is 89.5 Å². The molecule has 0 saturated carbocycles. The maximum Gasteiger partial charge on any atom is 0.416 e. The van der Waals surface area contributed by atoms with Gasteiger partial charge in [-0.25, -0.2) is 0 Å². The maximum absolute atomic E-state index is 13.5. The van der Waals surface area contributed by atoms with Gasteiger partial charge in [-0.15, -0.1) is 0 Å². The lowest BCUT2D eigenvalue weighted by Gasteiger charge is -2.46. The highest BCUT2D eigenvalue weighted by Crippen LogP contribution is 2.43. The number of aliphatic hydroxyl groups excluding tert-OH is 1. The zero-order valence-electron chi connectivity index (χ0n) is 19.6. The molecule has 0 unspecified atom stereocenters. The van der Waals surface area contributed by atoms with Gasteiger partial charge >= 0.3 is 19.0 Å². The van der Waals surface area contributed by atoms with E-state index in [9.17, 15) is 40.2 Å². The second-order valence-corrected chi connectivity index (χ2v) is 8.74. The molecule has 204 valence electrons. The van der Waals surface area contributed by atoms with E-state index >= 15 is 0 Å². The predicted octanol–water partition coefficient (Wildman–Crippen LogP) is 6.80. The molecule has 0 fully saturated rings. The summed E-state index contributed by atoms with van der Waals surface area (Å²) < 4.78 is 110. The van der Waals surface area contributed by atoms with Crippen LogP contribution in [0.25, 0.3) is 0 Å². The van der Waals surface area contributed by atoms with Crippen molar-refractivity contribution in [2.45, 2.75) is 37.7 Å². The highest BCUT2D eigenvalue weighted by atomic mass is 19.4. The number of para-hydroxylation sites is 2. The molecule has 4 nitrogen and oxygen atoms in total. The summed E-state index contributed by atoms with van der Waals surface area (Å²) in [7, 11) is 0. The number of ether oxygens (including phenoxy) is 1. The van der Waals surface area contributed by atoms with Crippen LogP contribution < -0.4 is 14.5 Å². The van der Waals surface area contributed by atoms with Crippen LogP contribution in [-0.4, -0.2) is 37.1 Å². The Hall–Kier alpha value is -3.54. The van der Waals surface area contributed by atoms with E-state index in [0.29, 0.717) is 11.3 Å². The number of alkyl halides is 8. The molecule has 3 aromatic carbocycles. The number of hydrogen-bond donors (Lipinski definition) is 1. The van der Waals surface area contributed by atoms with Gasteiger partial charge in [-0.05, 0) is 47.5 Å². The summed E-state index contributed by atoms with van der Waals surface area (Å²) in [4.78, 5) is 2.98. The van der Waals surface area contributed by atoms with Crippen LogP contribution in [0.5, 0.6) is 5.75 Å². The first-order valence-corrected chi connectivity index (χ1v) is 11.4. The number of aliphatic hydroxyl groups is 1. The third kappa shape index (κ3) is 6.29. The summed E-state index contributed by atoms with van der Waals surface area (Å²) >= 11 is 0. The van der Waals surface area contributed by atoms with Crippen molar-refractivity contribution in [3.8, 4) is 5.75 Å². The minimum absolute atomic E-state index is 0.0527. The Bertz CT molecular complexity index is 1250. The van der Waals surface area contributed by atoms with Crippen LogP contribution in [0.15, 0.2) is 72.8 Å². The Morgan fingerprint density at radius 3 is 2.21 bits per heavy atom. The number of hydrogen-bond acceptors (Lipinski definition) is 4. The first-order valence-electron chi connectivity index (χ1n) is 11.4. The fraction of sp³-hybridized carbons (Fsp3) is 0.308. The van der Waals surface area contributed by atoms with Crippen LogP contribution in [0, 0.1) is 0 Å². The molecule has 0 aliphatic carbocycles. The molecular weight excluding hydrogens is 524 g/mol. The summed E-state index contributed by atoms with van der Waals surface area (Å²) in [5.41, 5.74) is 0.399. The van der Waals surface area contributed by atoms with Crippen LogP contribution in [0.4, 0.5) is 46.5 Å². The van der Waals surface area contributed by atoms with E-state index in [2.05, 4.69) is 4.74 Å². The Kier molecular flexibility index (Phi) is 7.73. The largest absolute Gasteiger partial charge is 0.435 e. The summed E-state index contributed by atoms with van der Waals surface area (Å²) in [6, 6.07) is 15.5. The van der Waals surface area contributed by atoms with Gasteiger partial charge in [0.1, 0.15) is 5.75 Å². The van der Waals surface area contributed by atoms with E-state index in [0.717, 1.165) is 12.1 Å². The van der Waals surface area contributed by atoms with E-state index in [-0.39, 0.29) is 30.1 Å². The molecule has 4 rings (SSSR count). The normalized spacial score (nSPS) is 16.9. The van der Waals surface area contributed by atoms with Crippen LogP contribution in [0.3, 0.4) is 0 Å².